The minimum atomic E-state index is -0.0628. The molecule has 6 nitrogen and oxygen atoms in total. The van der Waals surface area contributed by atoms with Crippen molar-refractivity contribution in [3.05, 3.63) is 41.4 Å². The lowest BCUT2D eigenvalue weighted by Crippen LogP contribution is -2.21. The number of carbonyl (C=O) groups is 1. The quantitative estimate of drug-likeness (QED) is 0.744. The zero-order valence-corrected chi connectivity index (χ0v) is 16.8. The molecule has 0 aliphatic carbocycles. The van der Waals surface area contributed by atoms with Gasteiger partial charge in [-0.15, -0.1) is 0 Å². The number of pyridine rings is 1. The van der Waals surface area contributed by atoms with Crippen LogP contribution < -0.4 is 5.32 Å². The van der Waals surface area contributed by atoms with Crippen molar-refractivity contribution in [2.75, 3.05) is 6.54 Å². The van der Waals surface area contributed by atoms with E-state index in [2.05, 4.69) is 38.1 Å². The Kier molecular flexibility index (Phi) is 4.26. The highest BCUT2D eigenvalue weighted by Gasteiger charge is 2.30. The molecule has 0 aromatic carbocycles. The minimum absolute atomic E-state index is 0.0628. The van der Waals surface area contributed by atoms with Crippen LogP contribution in [0.2, 0.25) is 5.02 Å². The number of nitrogens with one attached hydrogen (secondary N) is 1. The molecule has 1 aliphatic rings. The van der Waals surface area contributed by atoms with Gasteiger partial charge >= 0.3 is 0 Å². The van der Waals surface area contributed by atoms with Crippen LogP contribution in [0.15, 0.2) is 30.7 Å². The number of hydrogen-bond acceptors (Lipinski definition) is 3. The van der Waals surface area contributed by atoms with Crippen LogP contribution in [-0.4, -0.2) is 31.8 Å². The Bertz CT molecular complexity index is 1010. The fourth-order valence-corrected chi connectivity index (χ4v) is 3.90. The van der Waals surface area contributed by atoms with Gasteiger partial charge in [0.05, 0.1) is 28.0 Å². The molecule has 2 atom stereocenters. The van der Waals surface area contributed by atoms with Crippen molar-refractivity contribution in [1.29, 1.82) is 0 Å². The van der Waals surface area contributed by atoms with Crippen LogP contribution in [0.1, 0.15) is 45.7 Å². The zero-order valence-electron chi connectivity index (χ0n) is 16.0. The monoisotopic (exact) mass is 385 g/mol. The molecule has 1 saturated heterocycles. The lowest BCUT2D eigenvalue weighted by atomic mass is 9.90. The lowest BCUT2D eigenvalue weighted by molar-refractivity contribution is -0.119. The first-order chi connectivity index (χ1) is 12.7. The van der Waals surface area contributed by atoms with Gasteiger partial charge in [0, 0.05) is 42.4 Å². The molecule has 7 heteroatoms. The van der Waals surface area contributed by atoms with Gasteiger partial charge in [0.1, 0.15) is 0 Å². The molecule has 1 N–H and O–H groups in total. The number of rotatable bonds is 3. The molecular weight excluding hydrogens is 362 g/mol. The third-order valence-corrected chi connectivity index (χ3v) is 5.73. The summed E-state index contributed by atoms with van der Waals surface area (Å²) in [5.74, 6) is 0.442. The molecule has 0 radical (unpaired) electrons. The Morgan fingerprint density at radius 2 is 2.04 bits per heavy atom. The minimum Gasteiger partial charge on any atom is -0.356 e. The third-order valence-electron chi connectivity index (χ3n) is 5.34. The smallest absolute Gasteiger partial charge is 0.220 e. The van der Waals surface area contributed by atoms with E-state index in [0.717, 1.165) is 22.3 Å². The Balaban J connectivity index is 1.69. The summed E-state index contributed by atoms with van der Waals surface area (Å²) in [5, 5.41) is 12.8. The molecule has 4 heterocycles. The van der Waals surface area contributed by atoms with Crippen LogP contribution >= 0.6 is 11.6 Å². The average Bonchev–Trinajstić information content (AvgIpc) is 3.32. The molecule has 27 heavy (non-hydrogen) atoms. The first-order valence-corrected chi connectivity index (χ1v) is 9.62. The molecule has 3 aromatic rings. The molecule has 1 aliphatic heterocycles. The highest BCUT2D eigenvalue weighted by atomic mass is 35.5. The summed E-state index contributed by atoms with van der Waals surface area (Å²) in [4.78, 5) is 11.5. The second-order valence-electron chi connectivity index (χ2n) is 8.35. The van der Waals surface area contributed by atoms with Crippen molar-refractivity contribution in [3.63, 3.8) is 0 Å². The van der Waals surface area contributed by atoms with Gasteiger partial charge in [-0.2, -0.15) is 10.2 Å². The average molecular weight is 386 g/mol. The first kappa shape index (κ1) is 18.0. The van der Waals surface area contributed by atoms with E-state index >= 15 is 0 Å². The van der Waals surface area contributed by atoms with Crippen LogP contribution in [0, 0.1) is 5.92 Å². The van der Waals surface area contributed by atoms with Gasteiger partial charge in [-0.1, -0.05) is 24.6 Å². The van der Waals surface area contributed by atoms with Crippen molar-refractivity contribution in [3.8, 4) is 11.1 Å². The number of aromatic nitrogens is 4. The van der Waals surface area contributed by atoms with Crippen LogP contribution in [0.4, 0.5) is 0 Å². The number of amides is 1. The normalized spacial score (nSPS) is 18.9. The molecule has 3 aromatic heterocycles. The van der Waals surface area contributed by atoms with Gasteiger partial charge in [-0.05, 0) is 32.8 Å². The molecule has 0 unspecified atom stereocenters. The number of nitrogens with zero attached hydrogens (tertiary/aromatic N) is 4. The van der Waals surface area contributed by atoms with Gasteiger partial charge in [0.2, 0.25) is 5.91 Å². The molecular formula is C20H24ClN5O. The molecule has 1 fully saturated rings. The second kappa shape index (κ2) is 6.37. The summed E-state index contributed by atoms with van der Waals surface area (Å²) >= 11 is 6.62. The van der Waals surface area contributed by atoms with Gasteiger partial charge in [-0.25, -0.2) is 4.52 Å². The molecule has 1 amide bonds. The Morgan fingerprint density at radius 3 is 2.67 bits per heavy atom. The first-order valence-electron chi connectivity index (χ1n) is 9.24. The van der Waals surface area contributed by atoms with Crippen LogP contribution in [-0.2, 0) is 10.3 Å². The van der Waals surface area contributed by atoms with Crippen molar-refractivity contribution >= 4 is 23.0 Å². The van der Waals surface area contributed by atoms with Crippen molar-refractivity contribution < 1.29 is 4.79 Å². The van der Waals surface area contributed by atoms with Crippen LogP contribution in [0.25, 0.3) is 16.6 Å². The highest BCUT2D eigenvalue weighted by molar-refractivity contribution is 6.34. The molecule has 142 valence electrons. The Hall–Kier alpha value is -2.34. The number of halogens is 1. The maximum atomic E-state index is 11.5. The Morgan fingerprint density at radius 1 is 1.26 bits per heavy atom. The molecule has 0 bridgehead atoms. The number of fused-ring (bicyclic) bond motifs is 1. The fourth-order valence-electron chi connectivity index (χ4n) is 3.54. The maximum absolute atomic E-state index is 11.5. The fraction of sp³-hybridized carbons (Fsp3) is 0.450. The topological polar surface area (TPSA) is 64.2 Å². The third kappa shape index (κ3) is 3.23. The summed E-state index contributed by atoms with van der Waals surface area (Å²) in [6.07, 6.45) is 6.44. The van der Waals surface area contributed by atoms with E-state index in [0.29, 0.717) is 18.0 Å². The summed E-state index contributed by atoms with van der Waals surface area (Å²) in [7, 11) is 0. The summed E-state index contributed by atoms with van der Waals surface area (Å²) in [5.41, 5.74) is 3.74. The molecule has 0 spiro atoms. The highest BCUT2D eigenvalue weighted by Crippen LogP contribution is 2.35. The van der Waals surface area contributed by atoms with E-state index in [-0.39, 0.29) is 23.3 Å². The summed E-state index contributed by atoms with van der Waals surface area (Å²) in [6.45, 7) is 9.14. The molecule has 0 saturated carbocycles. The predicted molar refractivity (Wildman–Crippen MR) is 106 cm³/mol. The van der Waals surface area contributed by atoms with Crippen molar-refractivity contribution in [1.82, 2.24) is 24.7 Å². The standard InChI is InChI=1S/C20H24ClN5O/c1-12(14-7-17(27)22-8-14)19-18(21)16-6-5-13(10-25(16)24-19)15-9-23-26(11-15)20(2,3)4/h5-6,9-12,14H,7-8H2,1-4H3,(H,22,27)/t12-,14+/m1/s1. The van der Waals surface area contributed by atoms with Crippen molar-refractivity contribution in [2.45, 2.75) is 45.6 Å². The molecule has 4 rings (SSSR count). The van der Waals surface area contributed by atoms with E-state index in [1.54, 1.807) is 0 Å². The largest absolute Gasteiger partial charge is 0.356 e. The van der Waals surface area contributed by atoms with E-state index in [1.807, 2.05) is 39.9 Å². The number of hydrogen-bond donors (Lipinski definition) is 1. The van der Waals surface area contributed by atoms with Gasteiger partial charge in [0.25, 0.3) is 0 Å². The Labute approximate surface area is 163 Å². The van der Waals surface area contributed by atoms with E-state index in [9.17, 15) is 4.79 Å². The van der Waals surface area contributed by atoms with E-state index in [1.165, 1.54) is 0 Å². The lowest BCUT2D eigenvalue weighted by Gasteiger charge is -2.18. The van der Waals surface area contributed by atoms with E-state index in [4.69, 9.17) is 16.7 Å². The van der Waals surface area contributed by atoms with Crippen LogP contribution in [0.5, 0.6) is 0 Å². The van der Waals surface area contributed by atoms with Crippen LogP contribution in [0.3, 0.4) is 0 Å². The van der Waals surface area contributed by atoms with Gasteiger partial charge < -0.3 is 5.32 Å². The second-order valence-corrected chi connectivity index (χ2v) is 8.73. The summed E-state index contributed by atoms with van der Waals surface area (Å²) in [6, 6.07) is 4.04. The number of carbonyl (C=O) groups excluding carboxylic acids is 1. The SMILES string of the molecule is C[C@@H](c1nn2cc(-c3cnn(C(C)(C)C)c3)ccc2c1Cl)[C@@H]1CNC(=O)C1. The van der Waals surface area contributed by atoms with E-state index < -0.39 is 0 Å². The van der Waals surface area contributed by atoms with Crippen molar-refractivity contribution in [2.24, 2.45) is 5.92 Å². The zero-order chi connectivity index (χ0) is 19.3. The maximum Gasteiger partial charge on any atom is 0.220 e. The summed E-state index contributed by atoms with van der Waals surface area (Å²) < 4.78 is 3.79. The predicted octanol–water partition coefficient (Wildman–Crippen LogP) is 3.85. The van der Waals surface area contributed by atoms with Gasteiger partial charge in [-0.3, -0.25) is 9.48 Å². The van der Waals surface area contributed by atoms with Gasteiger partial charge in [0.15, 0.2) is 0 Å².